The van der Waals surface area contributed by atoms with E-state index in [0.29, 0.717) is 21.8 Å². The van der Waals surface area contributed by atoms with Crippen molar-refractivity contribution in [3.05, 3.63) is 130 Å². The Morgan fingerprint density at radius 3 is 2.40 bits per heavy atom. The minimum atomic E-state index is -0.514. The normalized spacial score (nSPS) is 13.4. The second-order valence-corrected chi connectivity index (χ2v) is 14.5. The Kier molecular flexibility index (Phi) is 11.1. The predicted molar refractivity (Wildman–Crippen MR) is 202 cm³/mol. The number of hydrogen-bond acceptors (Lipinski definition) is 7. The molecule has 6 rings (SSSR count). The van der Waals surface area contributed by atoms with Crippen molar-refractivity contribution < 1.29 is 23.9 Å². The maximum absolute atomic E-state index is 13.8. The van der Waals surface area contributed by atoms with Gasteiger partial charge in [-0.15, -0.1) is 23.1 Å². The lowest BCUT2D eigenvalue weighted by Gasteiger charge is -2.14. The number of benzene rings is 4. The number of fused-ring (bicyclic) bond motifs is 2. The van der Waals surface area contributed by atoms with Crippen molar-refractivity contribution in [2.45, 2.75) is 49.2 Å². The van der Waals surface area contributed by atoms with E-state index in [-0.39, 0.29) is 11.6 Å². The lowest BCUT2D eigenvalue weighted by atomic mass is 10.0. The Balaban J connectivity index is 1.19. The molecule has 0 spiro atoms. The summed E-state index contributed by atoms with van der Waals surface area (Å²) < 4.78 is 5.09. The lowest BCUT2D eigenvalue weighted by Crippen LogP contribution is -2.30. The number of ether oxygens (including phenoxy) is 1. The smallest absolute Gasteiger partial charge is 0.341 e. The molecule has 50 heavy (non-hydrogen) atoms. The summed E-state index contributed by atoms with van der Waals surface area (Å²) in [6.07, 6.45) is 6.53. The van der Waals surface area contributed by atoms with Crippen LogP contribution in [0.15, 0.2) is 108 Å². The van der Waals surface area contributed by atoms with Gasteiger partial charge in [-0.3, -0.25) is 14.4 Å². The highest BCUT2D eigenvalue weighted by atomic mass is 32.2. The van der Waals surface area contributed by atoms with Crippen LogP contribution in [0.3, 0.4) is 0 Å². The molecule has 254 valence electrons. The molecule has 1 heterocycles. The zero-order chi connectivity index (χ0) is 35.0. The highest BCUT2D eigenvalue weighted by Crippen LogP contribution is 2.38. The Labute approximate surface area is 299 Å². The van der Waals surface area contributed by atoms with Gasteiger partial charge in [0.1, 0.15) is 10.7 Å². The summed E-state index contributed by atoms with van der Waals surface area (Å²) in [6.45, 7) is 1.80. The Morgan fingerprint density at radius 1 is 0.840 bits per heavy atom. The van der Waals surface area contributed by atoms with Gasteiger partial charge in [0.2, 0.25) is 5.91 Å². The zero-order valence-corrected chi connectivity index (χ0v) is 29.4. The molecule has 4 aromatic carbocycles. The van der Waals surface area contributed by atoms with Gasteiger partial charge in [0, 0.05) is 21.0 Å². The molecule has 8 nitrogen and oxygen atoms in total. The zero-order valence-electron chi connectivity index (χ0n) is 27.8. The number of amides is 3. The number of carbonyl (C=O) groups excluding carboxylic acids is 4. The number of thioether (sulfide) groups is 1. The molecule has 5 aromatic rings. The van der Waals surface area contributed by atoms with E-state index < -0.39 is 23.0 Å². The van der Waals surface area contributed by atoms with E-state index in [2.05, 4.69) is 16.0 Å². The first-order chi connectivity index (χ1) is 24.3. The van der Waals surface area contributed by atoms with Gasteiger partial charge >= 0.3 is 5.97 Å². The summed E-state index contributed by atoms with van der Waals surface area (Å²) in [5.41, 5.74) is 3.25. The van der Waals surface area contributed by atoms with Crippen LogP contribution < -0.4 is 16.0 Å². The van der Waals surface area contributed by atoms with E-state index >= 15 is 0 Å². The van der Waals surface area contributed by atoms with Gasteiger partial charge < -0.3 is 20.7 Å². The predicted octanol–water partition coefficient (Wildman–Crippen LogP) is 8.49. The largest absolute Gasteiger partial charge is 0.465 e. The SMILES string of the molecule is COC(=O)c1c(NC(=O)C(C)Sc2cccc(NC(=O)/C(=C\c3cccc4ccccc34)NC(=O)c3ccccc3)c2)sc2c1CCCCC2. The number of methoxy groups -OCH3 is 1. The summed E-state index contributed by atoms with van der Waals surface area (Å²) in [4.78, 5) is 55.0. The highest BCUT2D eigenvalue weighted by Gasteiger charge is 2.27. The molecule has 0 saturated carbocycles. The van der Waals surface area contributed by atoms with Crippen molar-refractivity contribution >= 4 is 74.3 Å². The van der Waals surface area contributed by atoms with Crippen LogP contribution in [-0.2, 0) is 27.2 Å². The van der Waals surface area contributed by atoms with Crippen molar-refractivity contribution in [2.75, 3.05) is 17.7 Å². The number of thiophene rings is 1. The standard InChI is InChI=1S/C40H37N3O5S2/c1-25(36(44)43-39-35(40(47)48-2)32-21-7-4-8-22-34(32)50-39)49-30-19-12-18-29(24-30)41-38(46)33(42-37(45)27-14-5-3-6-15-27)23-28-17-11-16-26-13-9-10-20-31(26)28/h3,5-6,9-20,23-25H,4,7-8,21-22H2,1-2H3,(H,41,46)(H,42,45)(H,43,44)/b33-23+. The van der Waals surface area contributed by atoms with Crippen LogP contribution in [0.5, 0.6) is 0 Å². The molecular weight excluding hydrogens is 667 g/mol. The van der Waals surface area contributed by atoms with E-state index in [0.717, 1.165) is 63.8 Å². The number of nitrogens with one attached hydrogen (secondary N) is 3. The second kappa shape index (κ2) is 16.0. The molecule has 3 N–H and O–H groups in total. The van der Waals surface area contributed by atoms with Crippen LogP contribution in [0.25, 0.3) is 16.8 Å². The van der Waals surface area contributed by atoms with E-state index in [9.17, 15) is 19.2 Å². The summed E-state index contributed by atoms with van der Waals surface area (Å²) in [6, 6.07) is 29.6. The summed E-state index contributed by atoms with van der Waals surface area (Å²) in [7, 11) is 1.36. The van der Waals surface area contributed by atoms with Crippen molar-refractivity contribution in [1.82, 2.24) is 5.32 Å². The van der Waals surface area contributed by atoms with Gasteiger partial charge in [0.15, 0.2) is 0 Å². The number of rotatable bonds is 10. The molecule has 1 unspecified atom stereocenters. The third-order valence-electron chi connectivity index (χ3n) is 8.47. The molecule has 10 heteroatoms. The van der Waals surface area contributed by atoms with Gasteiger partial charge in [-0.05, 0) is 90.9 Å². The van der Waals surface area contributed by atoms with Crippen molar-refractivity contribution in [3.8, 4) is 0 Å². The number of carbonyl (C=O) groups is 4. The topological polar surface area (TPSA) is 114 Å². The third-order valence-corrected chi connectivity index (χ3v) is 10.8. The van der Waals surface area contributed by atoms with Gasteiger partial charge in [0.25, 0.3) is 11.8 Å². The Bertz CT molecular complexity index is 2080. The fourth-order valence-electron chi connectivity index (χ4n) is 5.94. The minimum absolute atomic E-state index is 0.0803. The first kappa shape index (κ1) is 34.7. The van der Waals surface area contributed by atoms with Gasteiger partial charge in [-0.2, -0.15) is 0 Å². The van der Waals surface area contributed by atoms with Crippen LogP contribution in [0.1, 0.15) is 62.9 Å². The van der Waals surface area contributed by atoms with Crippen LogP contribution >= 0.6 is 23.1 Å². The van der Waals surface area contributed by atoms with Crippen LogP contribution in [0.2, 0.25) is 0 Å². The highest BCUT2D eigenvalue weighted by molar-refractivity contribution is 8.00. The first-order valence-corrected chi connectivity index (χ1v) is 18.2. The van der Waals surface area contributed by atoms with Gasteiger partial charge in [0.05, 0.1) is 17.9 Å². The fraction of sp³-hybridized carbons (Fsp3) is 0.200. The summed E-state index contributed by atoms with van der Waals surface area (Å²) >= 11 is 2.79. The van der Waals surface area contributed by atoms with E-state index in [1.54, 1.807) is 55.5 Å². The van der Waals surface area contributed by atoms with E-state index in [1.165, 1.54) is 30.2 Å². The lowest BCUT2D eigenvalue weighted by molar-refractivity contribution is -0.115. The number of aryl methyl sites for hydroxylation is 1. The molecule has 0 fully saturated rings. The van der Waals surface area contributed by atoms with Crippen LogP contribution in [-0.4, -0.2) is 36.1 Å². The van der Waals surface area contributed by atoms with Crippen LogP contribution in [0, 0.1) is 0 Å². The maximum atomic E-state index is 13.8. The molecule has 3 amide bonds. The number of anilines is 2. The molecule has 1 aliphatic rings. The Morgan fingerprint density at radius 2 is 1.58 bits per heavy atom. The summed E-state index contributed by atoms with van der Waals surface area (Å²) in [5, 5.41) is 10.7. The van der Waals surface area contributed by atoms with Crippen molar-refractivity contribution in [3.63, 3.8) is 0 Å². The van der Waals surface area contributed by atoms with Crippen molar-refractivity contribution in [1.29, 1.82) is 0 Å². The molecule has 1 aliphatic carbocycles. The fourth-order valence-corrected chi connectivity index (χ4v) is 8.15. The molecule has 1 atom stereocenters. The van der Waals surface area contributed by atoms with Crippen molar-refractivity contribution in [2.24, 2.45) is 0 Å². The summed E-state index contributed by atoms with van der Waals surface area (Å²) in [5.74, 6) is -1.58. The minimum Gasteiger partial charge on any atom is -0.465 e. The molecule has 0 radical (unpaired) electrons. The third kappa shape index (κ3) is 8.15. The average molecular weight is 704 g/mol. The maximum Gasteiger partial charge on any atom is 0.341 e. The average Bonchev–Trinajstić information content (AvgIpc) is 3.30. The van der Waals surface area contributed by atoms with E-state index in [1.807, 2.05) is 54.6 Å². The number of hydrogen-bond donors (Lipinski definition) is 3. The van der Waals surface area contributed by atoms with E-state index in [4.69, 9.17) is 4.74 Å². The first-order valence-electron chi connectivity index (χ1n) is 16.5. The van der Waals surface area contributed by atoms with Gasteiger partial charge in [-0.25, -0.2) is 4.79 Å². The van der Waals surface area contributed by atoms with Gasteiger partial charge in [-0.1, -0.05) is 73.2 Å². The number of esters is 1. The molecule has 1 aromatic heterocycles. The molecule has 0 bridgehead atoms. The second-order valence-electron chi connectivity index (χ2n) is 11.9. The monoisotopic (exact) mass is 703 g/mol. The Hall–Kier alpha value is -5.19. The molecule has 0 saturated heterocycles. The molecular formula is C40H37N3O5S2. The molecule has 0 aliphatic heterocycles. The quantitative estimate of drug-likeness (QED) is 0.0582. The van der Waals surface area contributed by atoms with Crippen LogP contribution in [0.4, 0.5) is 10.7 Å².